The Labute approximate surface area is 158 Å². The maximum absolute atomic E-state index is 12.4. The molecule has 0 saturated carbocycles. The second kappa shape index (κ2) is 11.7. The molecule has 2 atom stereocenters. The van der Waals surface area contributed by atoms with Crippen LogP contribution in [-0.2, 0) is 11.3 Å². The molecule has 1 fully saturated rings. The highest BCUT2D eigenvalue weighted by Crippen LogP contribution is 2.18. The Hall–Kier alpha value is -0.810. The first kappa shape index (κ1) is 23.2. The largest absolute Gasteiger partial charge is 0.340 e. The normalized spacial score (nSPS) is 18.9. The Morgan fingerprint density at radius 2 is 2.00 bits per heavy atom. The maximum atomic E-state index is 12.4. The van der Waals surface area contributed by atoms with Gasteiger partial charge in [-0.05, 0) is 31.4 Å². The summed E-state index contributed by atoms with van der Waals surface area (Å²) in [5, 5.41) is 0. The summed E-state index contributed by atoms with van der Waals surface area (Å²) >= 11 is 0. The fourth-order valence-electron chi connectivity index (χ4n) is 3.21. The van der Waals surface area contributed by atoms with Gasteiger partial charge in [0.25, 0.3) is 0 Å². The molecule has 1 amide bonds. The fourth-order valence-corrected chi connectivity index (χ4v) is 3.21. The molecule has 0 bridgehead atoms. The van der Waals surface area contributed by atoms with Crippen molar-refractivity contribution in [3.8, 4) is 0 Å². The van der Waals surface area contributed by atoms with Crippen molar-refractivity contribution in [2.75, 3.05) is 20.1 Å². The Bertz CT molecular complexity index is 473. The molecule has 1 aliphatic rings. The zero-order valence-corrected chi connectivity index (χ0v) is 16.3. The van der Waals surface area contributed by atoms with Crippen LogP contribution in [0.25, 0.3) is 0 Å². The van der Waals surface area contributed by atoms with E-state index >= 15 is 0 Å². The van der Waals surface area contributed by atoms with Crippen molar-refractivity contribution in [3.05, 3.63) is 35.9 Å². The third-order valence-corrected chi connectivity index (χ3v) is 4.54. The van der Waals surface area contributed by atoms with Crippen molar-refractivity contribution < 1.29 is 4.79 Å². The Kier molecular flexibility index (Phi) is 11.3. The van der Waals surface area contributed by atoms with E-state index in [9.17, 15) is 4.79 Å². The molecule has 0 aliphatic carbocycles. The van der Waals surface area contributed by atoms with E-state index < -0.39 is 0 Å². The minimum absolute atomic E-state index is 0. The summed E-state index contributed by atoms with van der Waals surface area (Å²) in [6, 6.07) is 10.5. The number of nitrogens with zero attached hydrogens (tertiary/aromatic N) is 2. The van der Waals surface area contributed by atoms with Crippen LogP contribution in [-0.4, -0.2) is 47.9 Å². The van der Waals surface area contributed by atoms with Crippen molar-refractivity contribution in [1.82, 2.24) is 9.80 Å². The maximum Gasteiger partial charge on any atom is 0.239 e. The Morgan fingerprint density at radius 1 is 1.33 bits per heavy atom. The first-order valence-electron chi connectivity index (χ1n) is 8.40. The summed E-state index contributed by atoms with van der Waals surface area (Å²) < 4.78 is 0. The number of amides is 1. The molecule has 2 N–H and O–H groups in total. The van der Waals surface area contributed by atoms with Gasteiger partial charge in [-0.15, -0.1) is 24.8 Å². The molecule has 2 unspecified atom stereocenters. The number of carbonyl (C=O) groups excluding carboxylic acids is 1. The Morgan fingerprint density at radius 3 is 2.62 bits per heavy atom. The van der Waals surface area contributed by atoms with Crippen LogP contribution in [0.4, 0.5) is 0 Å². The van der Waals surface area contributed by atoms with Crippen molar-refractivity contribution in [2.24, 2.45) is 5.73 Å². The quantitative estimate of drug-likeness (QED) is 0.830. The predicted molar refractivity (Wildman–Crippen MR) is 105 cm³/mol. The van der Waals surface area contributed by atoms with Crippen molar-refractivity contribution in [1.29, 1.82) is 0 Å². The third-order valence-electron chi connectivity index (χ3n) is 4.54. The number of benzene rings is 1. The Balaban J connectivity index is 0.00000264. The molecule has 1 aliphatic heterocycles. The zero-order chi connectivity index (χ0) is 15.9. The summed E-state index contributed by atoms with van der Waals surface area (Å²) in [6.07, 6.45) is 3.93. The van der Waals surface area contributed by atoms with Crippen LogP contribution in [0, 0.1) is 0 Å². The molecule has 1 heterocycles. The third kappa shape index (κ3) is 6.60. The summed E-state index contributed by atoms with van der Waals surface area (Å²) in [4.78, 5) is 16.7. The van der Waals surface area contributed by atoms with Gasteiger partial charge in [0, 0.05) is 26.2 Å². The molecule has 2 rings (SSSR count). The van der Waals surface area contributed by atoms with Gasteiger partial charge in [-0.2, -0.15) is 0 Å². The van der Waals surface area contributed by atoms with Crippen LogP contribution in [0.3, 0.4) is 0 Å². The number of nitrogens with two attached hydrogens (primary N) is 1. The number of hydrogen-bond acceptors (Lipinski definition) is 3. The molecule has 1 saturated heterocycles. The first-order valence-corrected chi connectivity index (χ1v) is 8.40. The lowest BCUT2D eigenvalue weighted by Gasteiger charge is -2.38. The van der Waals surface area contributed by atoms with E-state index in [1.54, 1.807) is 0 Å². The number of likely N-dealkylation sites (tertiary alicyclic amines) is 1. The van der Waals surface area contributed by atoms with E-state index in [1.165, 1.54) is 5.56 Å². The topological polar surface area (TPSA) is 49.6 Å². The van der Waals surface area contributed by atoms with Crippen LogP contribution in [0.15, 0.2) is 30.3 Å². The molecular weight excluding hydrogens is 345 g/mol. The highest BCUT2D eigenvalue weighted by Gasteiger charge is 2.28. The molecule has 0 spiro atoms. The predicted octanol–water partition coefficient (Wildman–Crippen LogP) is 3.08. The molecule has 138 valence electrons. The molecule has 0 radical (unpaired) electrons. The fraction of sp³-hybridized carbons (Fsp3) is 0.611. The van der Waals surface area contributed by atoms with Crippen molar-refractivity contribution in [2.45, 2.75) is 51.2 Å². The van der Waals surface area contributed by atoms with E-state index in [-0.39, 0.29) is 42.8 Å². The smallest absolute Gasteiger partial charge is 0.239 e. The van der Waals surface area contributed by atoms with Gasteiger partial charge in [0.15, 0.2) is 0 Å². The average Bonchev–Trinajstić information content (AvgIpc) is 2.55. The second-order valence-electron chi connectivity index (χ2n) is 6.36. The molecule has 1 aromatic rings. The standard InChI is InChI=1S/C18H29N3O.2ClH/c1-3-8-17(19)18(22)20(2)16-11-7-12-21(14-16)13-15-9-5-4-6-10-15;;/h4-6,9-10,16-17H,3,7-8,11-14,19H2,1-2H3;2*1H. The minimum atomic E-state index is -0.348. The van der Waals surface area contributed by atoms with E-state index in [1.807, 2.05) is 18.0 Å². The van der Waals surface area contributed by atoms with Crippen LogP contribution < -0.4 is 5.73 Å². The van der Waals surface area contributed by atoms with E-state index in [0.29, 0.717) is 0 Å². The van der Waals surface area contributed by atoms with Crippen molar-refractivity contribution >= 4 is 30.7 Å². The monoisotopic (exact) mass is 375 g/mol. The molecule has 4 nitrogen and oxygen atoms in total. The number of piperidine rings is 1. The SMILES string of the molecule is CCCC(N)C(=O)N(C)C1CCCN(Cc2ccccc2)C1.Cl.Cl. The number of halogens is 2. The summed E-state index contributed by atoms with van der Waals surface area (Å²) in [7, 11) is 1.91. The van der Waals surface area contributed by atoms with Crippen LogP contribution >= 0.6 is 24.8 Å². The van der Waals surface area contributed by atoms with Gasteiger partial charge in [-0.1, -0.05) is 43.7 Å². The van der Waals surface area contributed by atoms with E-state index in [2.05, 4.69) is 36.1 Å². The summed E-state index contributed by atoms with van der Waals surface area (Å²) in [6.45, 7) is 5.07. The van der Waals surface area contributed by atoms with Gasteiger partial charge in [0.2, 0.25) is 5.91 Å². The van der Waals surface area contributed by atoms with Gasteiger partial charge in [0.05, 0.1) is 6.04 Å². The number of likely N-dealkylation sites (N-methyl/N-ethyl adjacent to an activating group) is 1. The minimum Gasteiger partial charge on any atom is -0.340 e. The van der Waals surface area contributed by atoms with Crippen LogP contribution in [0.1, 0.15) is 38.2 Å². The van der Waals surface area contributed by atoms with Gasteiger partial charge in [-0.25, -0.2) is 0 Å². The molecular formula is C18H31Cl2N3O. The average molecular weight is 376 g/mol. The summed E-state index contributed by atoms with van der Waals surface area (Å²) in [5.41, 5.74) is 7.32. The number of rotatable bonds is 6. The van der Waals surface area contributed by atoms with E-state index in [4.69, 9.17) is 5.73 Å². The van der Waals surface area contributed by atoms with Crippen LogP contribution in [0.2, 0.25) is 0 Å². The van der Waals surface area contributed by atoms with Crippen molar-refractivity contribution in [3.63, 3.8) is 0 Å². The first-order chi connectivity index (χ1) is 10.6. The lowest BCUT2D eigenvalue weighted by Crippen LogP contribution is -2.52. The molecule has 0 aromatic heterocycles. The molecule has 1 aromatic carbocycles. The lowest BCUT2D eigenvalue weighted by molar-refractivity contribution is -0.134. The summed E-state index contributed by atoms with van der Waals surface area (Å²) in [5.74, 6) is 0.0911. The van der Waals surface area contributed by atoms with Crippen LogP contribution in [0.5, 0.6) is 0 Å². The highest BCUT2D eigenvalue weighted by atomic mass is 35.5. The molecule has 6 heteroatoms. The second-order valence-corrected chi connectivity index (χ2v) is 6.36. The van der Waals surface area contributed by atoms with Gasteiger partial charge < -0.3 is 10.6 Å². The van der Waals surface area contributed by atoms with Gasteiger partial charge in [0.1, 0.15) is 0 Å². The zero-order valence-electron chi connectivity index (χ0n) is 14.7. The van der Waals surface area contributed by atoms with Gasteiger partial charge >= 0.3 is 0 Å². The number of hydrogen-bond donors (Lipinski definition) is 1. The highest BCUT2D eigenvalue weighted by molar-refractivity contribution is 5.85. The lowest BCUT2D eigenvalue weighted by atomic mass is 10.0. The number of carbonyl (C=O) groups is 1. The molecule has 24 heavy (non-hydrogen) atoms. The van der Waals surface area contributed by atoms with Gasteiger partial charge in [-0.3, -0.25) is 9.69 Å². The van der Waals surface area contributed by atoms with E-state index in [0.717, 1.165) is 45.3 Å².